The Kier molecular flexibility index (Phi) is 4.51. The average Bonchev–Trinajstić information content (AvgIpc) is 3.06. The zero-order valence-corrected chi connectivity index (χ0v) is 11.9. The average molecular weight is 253 g/mol. The molecule has 2 rings (SSSR count). The van der Waals surface area contributed by atoms with Gasteiger partial charge in [-0.05, 0) is 44.7 Å². The van der Waals surface area contributed by atoms with Crippen LogP contribution in [0.1, 0.15) is 31.9 Å². The standard InChI is InChI=1S/C13H23N3S/c1-4-7-14-12(11-5-6-11)9-17-13-8-10(2)15-16(13)3/h8,11-12,14H,4-7,9H2,1-3H3. The first-order valence-electron chi connectivity index (χ1n) is 6.57. The third kappa shape index (κ3) is 3.75. The van der Waals surface area contributed by atoms with E-state index in [9.17, 15) is 0 Å². The number of nitrogens with one attached hydrogen (secondary N) is 1. The summed E-state index contributed by atoms with van der Waals surface area (Å²) in [5.41, 5.74) is 1.11. The van der Waals surface area contributed by atoms with Crippen LogP contribution in [0.2, 0.25) is 0 Å². The van der Waals surface area contributed by atoms with Crippen molar-refractivity contribution >= 4 is 11.8 Å². The summed E-state index contributed by atoms with van der Waals surface area (Å²) in [4.78, 5) is 0. The molecule has 96 valence electrons. The van der Waals surface area contributed by atoms with Crippen LogP contribution < -0.4 is 5.32 Å². The van der Waals surface area contributed by atoms with Gasteiger partial charge in [-0.15, -0.1) is 11.8 Å². The monoisotopic (exact) mass is 253 g/mol. The zero-order valence-electron chi connectivity index (χ0n) is 11.1. The van der Waals surface area contributed by atoms with Crippen LogP contribution in [-0.4, -0.2) is 28.1 Å². The summed E-state index contributed by atoms with van der Waals surface area (Å²) in [7, 11) is 2.03. The van der Waals surface area contributed by atoms with Crippen molar-refractivity contribution in [3.05, 3.63) is 11.8 Å². The van der Waals surface area contributed by atoms with Gasteiger partial charge in [0.2, 0.25) is 0 Å². The van der Waals surface area contributed by atoms with Crippen LogP contribution >= 0.6 is 11.8 Å². The van der Waals surface area contributed by atoms with Crippen LogP contribution in [0.15, 0.2) is 11.1 Å². The number of aromatic nitrogens is 2. The summed E-state index contributed by atoms with van der Waals surface area (Å²) in [5.74, 6) is 2.09. The molecule has 0 bridgehead atoms. The highest BCUT2D eigenvalue weighted by Gasteiger charge is 2.30. The molecule has 1 aromatic heterocycles. The Morgan fingerprint density at radius 3 is 2.88 bits per heavy atom. The lowest BCUT2D eigenvalue weighted by atomic mass is 10.2. The maximum atomic E-state index is 4.39. The van der Waals surface area contributed by atoms with Gasteiger partial charge in [-0.1, -0.05) is 6.92 Å². The molecule has 1 saturated carbocycles. The van der Waals surface area contributed by atoms with Crippen LogP contribution in [0.3, 0.4) is 0 Å². The Morgan fingerprint density at radius 2 is 2.35 bits per heavy atom. The normalized spacial score (nSPS) is 17.4. The molecule has 0 amide bonds. The summed E-state index contributed by atoms with van der Waals surface area (Å²) in [6.45, 7) is 5.43. The SMILES string of the molecule is CCCNC(CSc1cc(C)nn1C)C1CC1. The van der Waals surface area contributed by atoms with Crippen molar-refractivity contribution in [3.63, 3.8) is 0 Å². The molecule has 1 aliphatic carbocycles. The van der Waals surface area contributed by atoms with E-state index in [2.05, 4.69) is 30.3 Å². The van der Waals surface area contributed by atoms with Gasteiger partial charge in [0.1, 0.15) is 0 Å². The predicted molar refractivity (Wildman–Crippen MR) is 73.5 cm³/mol. The van der Waals surface area contributed by atoms with E-state index in [1.165, 1.54) is 30.0 Å². The Morgan fingerprint density at radius 1 is 1.59 bits per heavy atom. The highest BCUT2D eigenvalue weighted by atomic mass is 32.2. The molecule has 1 aromatic rings. The molecular formula is C13H23N3S. The van der Waals surface area contributed by atoms with Crippen molar-refractivity contribution in [1.82, 2.24) is 15.1 Å². The fourth-order valence-corrected chi connectivity index (χ4v) is 3.31. The van der Waals surface area contributed by atoms with Crippen LogP contribution in [0.4, 0.5) is 0 Å². The minimum atomic E-state index is 0.690. The molecule has 0 saturated heterocycles. The van der Waals surface area contributed by atoms with E-state index in [0.29, 0.717) is 6.04 Å². The molecule has 1 N–H and O–H groups in total. The highest BCUT2D eigenvalue weighted by Crippen LogP contribution is 2.35. The summed E-state index contributed by atoms with van der Waals surface area (Å²) in [5, 5.41) is 9.35. The first-order chi connectivity index (χ1) is 8.20. The molecule has 0 aromatic carbocycles. The molecule has 1 heterocycles. The molecule has 1 aliphatic rings. The van der Waals surface area contributed by atoms with Gasteiger partial charge in [-0.2, -0.15) is 5.10 Å². The van der Waals surface area contributed by atoms with Crippen molar-refractivity contribution in [3.8, 4) is 0 Å². The maximum absolute atomic E-state index is 4.39. The molecule has 0 radical (unpaired) electrons. The molecule has 1 unspecified atom stereocenters. The summed E-state index contributed by atoms with van der Waals surface area (Å²) >= 11 is 1.93. The Bertz CT molecular complexity index is 358. The van der Waals surface area contributed by atoms with Gasteiger partial charge in [0.05, 0.1) is 10.7 Å². The van der Waals surface area contributed by atoms with Gasteiger partial charge in [0.25, 0.3) is 0 Å². The van der Waals surface area contributed by atoms with Crippen LogP contribution in [0, 0.1) is 12.8 Å². The summed E-state index contributed by atoms with van der Waals surface area (Å²) < 4.78 is 1.99. The lowest BCUT2D eigenvalue weighted by molar-refractivity contribution is 0.502. The Balaban J connectivity index is 1.84. The molecule has 0 aliphatic heterocycles. The molecule has 4 heteroatoms. The second kappa shape index (κ2) is 5.91. The first-order valence-corrected chi connectivity index (χ1v) is 7.56. The quantitative estimate of drug-likeness (QED) is 0.758. The number of nitrogens with zero attached hydrogens (tertiary/aromatic N) is 2. The third-order valence-corrected chi connectivity index (χ3v) is 4.42. The van der Waals surface area contributed by atoms with Crippen molar-refractivity contribution in [1.29, 1.82) is 0 Å². The van der Waals surface area contributed by atoms with E-state index >= 15 is 0 Å². The summed E-state index contributed by atoms with van der Waals surface area (Å²) in [6.07, 6.45) is 4.04. The molecule has 17 heavy (non-hydrogen) atoms. The lowest BCUT2D eigenvalue weighted by Gasteiger charge is -2.17. The van der Waals surface area contributed by atoms with E-state index in [-0.39, 0.29) is 0 Å². The molecule has 1 atom stereocenters. The van der Waals surface area contributed by atoms with Crippen molar-refractivity contribution in [2.75, 3.05) is 12.3 Å². The maximum Gasteiger partial charge on any atom is 0.0939 e. The summed E-state index contributed by atoms with van der Waals surface area (Å²) in [6, 6.07) is 2.87. The van der Waals surface area contributed by atoms with Crippen LogP contribution in [0.25, 0.3) is 0 Å². The predicted octanol–water partition coefficient (Wildman–Crippen LogP) is 2.60. The van der Waals surface area contributed by atoms with Gasteiger partial charge >= 0.3 is 0 Å². The van der Waals surface area contributed by atoms with E-state index in [1.807, 2.05) is 23.5 Å². The van der Waals surface area contributed by atoms with Gasteiger partial charge in [0.15, 0.2) is 0 Å². The minimum Gasteiger partial charge on any atom is -0.313 e. The van der Waals surface area contributed by atoms with Crippen molar-refractivity contribution < 1.29 is 0 Å². The number of aryl methyl sites for hydroxylation is 2. The highest BCUT2D eigenvalue weighted by molar-refractivity contribution is 7.99. The third-order valence-electron chi connectivity index (χ3n) is 3.22. The smallest absolute Gasteiger partial charge is 0.0939 e. The number of rotatable bonds is 7. The Hall–Kier alpha value is -0.480. The topological polar surface area (TPSA) is 29.9 Å². The van der Waals surface area contributed by atoms with Crippen LogP contribution in [0.5, 0.6) is 0 Å². The lowest BCUT2D eigenvalue weighted by Crippen LogP contribution is -2.33. The van der Waals surface area contributed by atoms with Crippen LogP contribution in [-0.2, 0) is 7.05 Å². The fraction of sp³-hybridized carbons (Fsp3) is 0.769. The van der Waals surface area contributed by atoms with E-state index < -0.39 is 0 Å². The largest absolute Gasteiger partial charge is 0.313 e. The molecule has 3 nitrogen and oxygen atoms in total. The Labute approximate surface area is 108 Å². The second-order valence-electron chi connectivity index (χ2n) is 4.96. The fourth-order valence-electron chi connectivity index (χ4n) is 2.09. The van der Waals surface area contributed by atoms with Crippen molar-refractivity contribution in [2.24, 2.45) is 13.0 Å². The number of thioether (sulfide) groups is 1. The minimum absolute atomic E-state index is 0.690. The number of hydrogen-bond acceptors (Lipinski definition) is 3. The van der Waals surface area contributed by atoms with Gasteiger partial charge in [0, 0.05) is 18.8 Å². The number of hydrogen-bond donors (Lipinski definition) is 1. The second-order valence-corrected chi connectivity index (χ2v) is 6.00. The first kappa shape index (κ1) is 13.0. The molecule has 0 spiro atoms. The zero-order chi connectivity index (χ0) is 12.3. The molecular weight excluding hydrogens is 230 g/mol. The van der Waals surface area contributed by atoms with Crippen molar-refractivity contribution in [2.45, 2.75) is 44.2 Å². The van der Waals surface area contributed by atoms with E-state index in [1.54, 1.807) is 0 Å². The van der Waals surface area contributed by atoms with Gasteiger partial charge < -0.3 is 5.32 Å². The molecule has 1 fully saturated rings. The van der Waals surface area contributed by atoms with Gasteiger partial charge in [-0.3, -0.25) is 4.68 Å². The van der Waals surface area contributed by atoms with E-state index in [4.69, 9.17) is 0 Å². The van der Waals surface area contributed by atoms with Gasteiger partial charge in [-0.25, -0.2) is 0 Å². The van der Waals surface area contributed by atoms with E-state index in [0.717, 1.165) is 18.2 Å².